The Hall–Kier alpha value is -1.10. The molecule has 0 heterocycles. The van der Waals surface area contributed by atoms with Crippen molar-refractivity contribution in [3.63, 3.8) is 0 Å². The predicted octanol–water partition coefficient (Wildman–Crippen LogP) is 11.8. The highest BCUT2D eigenvalue weighted by molar-refractivity contribution is 5.80. The largest absolute Gasteiger partial charge is 0.321 e. The number of hydrogen-bond acceptors (Lipinski definition) is 3. The van der Waals surface area contributed by atoms with E-state index in [9.17, 15) is 9.59 Å². The average Bonchev–Trinajstić information content (AvgIpc) is 3.01. The van der Waals surface area contributed by atoms with Gasteiger partial charge in [0.25, 0.3) is 0 Å². The normalized spacial score (nSPS) is 11.6. The molecule has 0 fully saturated rings. The fourth-order valence-corrected chi connectivity index (χ4v) is 6.14. The summed E-state index contributed by atoms with van der Waals surface area (Å²) in [7, 11) is 0. The number of hydrogen-bond donors (Lipinski definition) is 3. The quantitative estimate of drug-likeness (QED) is 0.0486. The second kappa shape index (κ2) is 33.3. The molecule has 44 heavy (non-hydrogen) atoms. The van der Waals surface area contributed by atoms with E-state index >= 15 is 0 Å². The van der Waals surface area contributed by atoms with Crippen molar-refractivity contribution in [1.29, 1.82) is 0 Å². The van der Waals surface area contributed by atoms with E-state index in [4.69, 9.17) is 5.73 Å². The minimum atomic E-state index is -1.14. The molecule has 0 saturated heterocycles. The van der Waals surface area contributed by atoms with E-state index in [-0.39, 0.29) is 11.8 Å². The van der Waals surface area contributed by atoms with Crippen LogP contribution in [0.1, 0.15) is 233 Å². The first-order chi connectivity index (χ1) is 21.5. The Balaban J connectivity index is 3.64. The van der Waals surface area contributed by atoms with Gasteiger partial charge < -0.3 is 10.6 Å². The molecule has 5 heteroatoms. The van der Waals surface area contributed by atoms with Gasteiger partial charge in [-0.3, -0.25) is 15.3 Å². The van der Waals surface area contributed by atoms with Crippen LogP contribution in [0, 0.1) is 0 Å². The zero-order chi connectivity index (χ0) is 32.4. The number of carbonyl (C=O) groups is 2. The van der Waals surface area contributed by atoms with Gasteiger partial charge in [-0.25, -0.2) is 0 Å². The second-order valence-electron chi connectivity index (χ2n) is 13.8. The molecular formula is C39H79N3O2. The molecule has 0 aliphatic heterocycles. The number of nitrogens with one attached hydrogen (secondary N) is 2. The van der Waals surface area contributed by atoms with Crippen molar-refractivity contribution in [2.75, 3.05) is 0 Å². The van der Waals surface area contributed by atoms with E-state index < -0.39 is 5.79 Å². The van der Waals surface area contributed by atoms with E-state index in [2.05, 4.69) is 24.5 Å². The summed E-state index contributed by atoms with van der Waals surface area (Å²) in [5.41, 5.74) is 6.35. The van der Waals surface area contributed by atoms with Crippen molar-refractivity contribution in [2.24, 2.45) is 5.73 Å². The Labute approximate surface area is 275 Å². The van der Waals surface area contributed by atoms with Crippen LogP contribution in [0.25, 0.3) is 0 Å². The summed E-state index contributed by atoms with van der Waals surface area (Å²) in [5.74, 6) is -1.26. The standard InChI is InChI=1S/C39H79N3O2/c1-4-7-9-11-13-15-17-19-21-23-25-27-29-31-33-35-37(43)41-39(40,6-3)42-38(44)36-34-32-30-28-26-24-22-20-18-16-14-12-10-8-5-2/h4-36,40H2,1-3H3,(H,41,43)(H,42,44). The maximum atomic E-state index is 12.5. The Morgan fingerprint density at radius 3 is 0.795 bits per heavy atom. The highest BCUT2D eigenvalue weighted by Gasteiger charge is 2.26. The van der Waals surface area contributed by atoms with Gasteiger partial charge in [0.05, 0.1) is 0 Å². The first-order valence-corrected chi connectivity index (χ1v) is 19.9. The molecule has 262 valence electrons. The Bertz CT molecular complexity index is 576. The van der Waals surface area contributed by atoms with Crippen LogP contribution in [0.15, 0.2) is 0 Å². The highest BCUT2D eigenvalue weighted by Crippen LogP contribution is 2.15. The van der Waals surface area contributed by atoms with Gasteiger partial charge in [-0.15, -0.1) is 0 Å². The summed E-state index contributed by atoms with van der Waals surface area (Å²) in [6, 6.07) is 0. The fourth-order valence-electron chi connectivity index (χ4n) is 6.14. The first kappa shape index (κ1) is 42.9. The number of rotatable bonds is 35. The predicted molar refractivity (Wildman–Crippen MR) is 193 cm³/mol. The summed E-state index contributed by atoms with van der Waals surface area (Å²) in [6.45, 7) is 6.46. The first-order valence-electron chi connectivity index (χ1n) is 19.9. The second-order valence-corrected chi connectivity index (χ2v) is 13.8. The van der Waals surface area contributed by atoms with Gasteiger partial charge in [-0.1, -0.05) is 201 Å². The van der Waals surface area contributed by atoms with Crippen LogP contribution in [0.5, 0.6) is 0 Å². The molecule has 0 aromatic heterocycles. The van der Waals surface area contributed by atoms with Crippen molar-refractivity contribution >= 4 is 11.8 Å². The molecule has 0 radical (unpaired) electrons. The summed E-state index contributed by atoms with van der Waals surface area (Å²) < 4.78 is 0. The van der Waals surface area contributed by atoms with Crippen molar-refractivity contribution in [3.8, 4) is 0 Å². The molecule has 0 atom stereocenters. The molecule has 0 saturated carbocycles. The number of amides is 2. The van der Waals surface area contributed by atoms with Gasteiger partial charge in [-0.2, -0.15) is 0 Å². The van der Waals surface area contributed by atoms with Crippen molar-refractivity contribution in [2.45, 2.75) is 238 Å². The summed E-state index contributed by atoms with van der Waals surface area (Å²) in [6.07, 6.45) is 40.8. The number of unbranched alkanes of at least 4 members (excludes halogenated alkanes) is 28. The molecule has 5 nitrogen and oxygen atoms in total. The Kier molecular flexibility index (Phi) is 32.4. The van der Waals surface area contributed by atoms with E-state index in [0.717, 1.165) is 25.7 Å². The third kappa shape index (κ3) is 30.9. The maximum absolute atomic E-state index is 12.5. The molecule has 0 bridgehead atoms. The van der Waals surface area contributed by atoms with E-state index in [0.29, 0.717) is 19.3 Å². The van der Waals surface area contributed by atoms with E-state index in [1.165, 1.54) is 167 Å². The lowest BCUT2D eigenvalue weighted by molar-refractivity contribution is -0.127. The van der Waals surface area contributed by atoms with Crippen molar-refractivity contribution in [1.82, 2.24) is 10.6 Å². The average molecular weight is 622 g/mol. The minimum absolute atomic E-state index is 0.0590. The molecule has 0 spiro atoms. The van der Waals surface area contributed by atoms with Crippen LogP contribution >= 0.6 is 0 Å². The monoisotopic (exact) mass is 622 g/mol. The molecule has 0 aromatic rings. The molecule has 4 N–H and O–H groups in total. The SMILES string of the molecule is CCCCCCCCCCCCCCCCCC(=O)NC(N)(CC)NC(=O)CCCCCCCCCCCCCCCCC. The Morgan fingerprint density at radius 2 is 0.591 bits per heavy atom. The molecule has 0 aromatic carbocycles. The van der Waals surface area contributed by atoms with Gasteiger partial charge in [0, 0.05) is 19.3 Å². The third-order valence-electron chi connectivity index (χ3n) is 9.30. The number of nitrogens with two attached hydrogens (primary N) is 1. The molecule has 0 aliphatic rings. The van der Waals surface area contributed by atoms with Crippen molar-refractivity contribution in [3.05, 3.63) is 0 Å². The number of carbonyl (C=O) groups excluding carboxylic acids is 2. The maximum Gasteiger partial charge on any atom is 0.222 e. The molecule has 2 amide bonds. The fraction of sp³-hybridized carbons (Fsp3) is 0.949. The zero-order valence-electron chi connectivity index (χ0n) is 30.2. The lowest BCUT2D eigenvalue weighted by atomic mass is 10.0. The van der Waals surface area contributed by atoms with Crippen molar-refractivity contribution < 1.29 is 9.59 Å². The smallest absolute Gasteiger partial charge is 0.222 e. The van der Waals surface area contributed by atoms with Crippen LogP contribution in [0.4, 0.5) is 0 Å². The van der Waals surface area contributed by atoms with Crippen LogP contribution < -0.4 is 16.4 Å². The summed E-state index contributed by atoms with van der Waals surface area (Å²) in [5, 5.41) is 5.77. The summed E-state index contributed by atoms with van der Waals surface area (Å²) >= 11 is 0. The third-order valence-corrected chi connectivity index (χ3v) is 9.30. The lowest BCUT2D eigenvalue weighted by Gasteiger charge is -2.30. The van der Waals surface area contributed by atoms with Gasteiger partial charge in [0.1, 0.15) is 0 Å². The van der Waals surface area contributed by atoms with Crippen LogP contribution in [-0.2, 0) is 9.59 Å². The topological polar surface area (TPSA) is 84.2 Å². The molecule has 0 aliphatic carbocycles. The summed E-state index contributed by atoms with van der Waals surface area (Å²) in [4.78, 5) is 25.0. The minimum Gasteiger partial charge on any atom is -0.321 e. The molecule has 0 unspecified atom stereocenters. The Morgan fingerprint density at radius 1 is 0.386 bits per heavy atom. The molecular weight excluding hydrogens is 542 g/mol. The highest BCUT2D eigenvalue weighted by atomic mass is 16.2. The van der Waals surface area contributed by atoms with Crippen LogP contribution in [0.2, 0.25) is 0 Å². The van der Waals surface area contributed by atoms with Gasteiger partial charge in [0.2, 0.25) is 11.8 Å². The van der Waals surface area contributed by atoms with Gasteiger partial charge in [0.15, 0.2) is 5.79 Å². The van der Waals surface area contributed by atoms with E-state index in [1.54, 1.807) is 0 Å². The van der Waals surface area contributed by atoms with Gasteiger partial charge in [-0.05, 0) is 12.8 Å². The zero-order valence-corrected chi connectivity index (χ0v) is 30.2. The van der Waals surface area contributed by atoms with Crippen LogP contribution in [-0.4, -0.2) is 17.6 Å². The molecule has 0 rings (SSSR count). The lowest BCUT2D eigenvalue weighted by Crippen LogP contribution is -2.66. The van der Waals surface area contributed by atoms with Crippen LogP contribution in [0.3, 0.4) is 0 Å². The van der Waals surface area contributed by atoms with Gasteiger partial charge >= 0.3 is 0 Å². The van der Waals surface area contributed by atoms with E-state index in [1.807, 2.05) is 6.92 Å².